The second-order valence-corrected chi connectivity index (χ2v) is 7.36. The zero-order chi connectivity index (χ0) is 15.2. The minimum Gasteiger partial charge on any atom is -0.310 e. The van der Waals surface area contributed by atoms with Crippen molar-refractivity contribution in [3.8, 4) is 0 Å². The first kappa shape index (κ1) is 14.8. The summed E-state index contributed by atoms with van der Waals surface area (Å²) >= 11 is 0. The van der Waals surface area contributed by atoms with Crippen molar-refractivity contribution in [2.45, 2.75) is 36.2 Å². The first-order valence-corrected chi connectivity index (χ1v) is 8.22. The Labute approximate surface area is 121 Å². The lowest BCUT2D eigenvalue weighted by molar-refractivity contribution is 0.376. The number of nitrogens with one attached hydrogen (secondary N) is 1. The van der Waals surface area contributed by atoms with E-state index in [2.05, 4.69) is 5.32 Å². The van der Waals surface area contributed by atoms with Crippen molar-refractivity contribution in [1.82, 2.24) is 9.62 Å². The van der Waals surface area contributed by atoms with Gasteiger partial charge in [0, 0.05) is 37.3 Å². The largest absolute Gasteiger partial charge is 0.310 e. The molecule has 21 heavy (non-hydrogen) atoms. The van der Waals surface area contributed by atoms with Crippen LogP contribution in [0, 0.1) is 17.5 Å². The van der Waals surface area contributed by atoms with E-state index in [1.165, 1.54) is 0 Å². The van der Waals surface area contributed by atoms with Gasteiger partial charge in [-0.1, -0.05) is 0 Å². The van der Waals surface area contributed by atoms with Gasteiger partial charge in [0.2, 0.25) is 10.0 Å². The number of halogens is 3. The average Bonchev–Trinajstić information content (AvgIpc) is 2.66. The van der Waals surface area contributed by atoms with E-state index in [0.29, 0.717) is 18.6 Å². The fourth-order valence-corrected chi connectivity index (χ4v) is 4.62. The van der Waals surface area contributed by atoms with Gasteiger partial charge in [-0.15, -0.1) is 0 Å². The van der Waals surface area contributed by atoms with Crippen LogP contribution in [0.2, 0.25) is 0 Å². The third-order valence-corrected chi connectivity index (χ3v) is 5.96. The molecule has 2 heterocycles. The van der Waals surface area contributed by atoms with Crippen molar-refractivity contribution >= 4 is 10.0 Å². The Morgan fingerprint density at radius 1 is 1.05 bits per heavy atom. The molecule has 2 aliphatic heterocycles. The molecule has 8 heteroatoms. The number of benzene rings is 1. The lowest BCUT2D eigenvalue weighted by Crippen LogP contribution is -2.39. The highest BCUT2D eigenvalue weighted by Crippen LogP contribution is 2.28. The number of hydrogen-bond acceptors (Lipinski definition) is 3. The molecule has 2 unspecified atom stereocenters. The number of hydrogen-bond donors (Lipinski definition) is 1. The van der Waals surface area contributed by atoms with Crippen molar-refractivity contribution in [3.63, 3.8) is 0 Å². The van der Waals surface area contributed by atoms with Gasteiger partial charge in [-0.2, -0.15) is 4.31 Å². The average molecular weight is 320 g/mol. The van der Waals surface area contributed by atoms with E-state index in [-0.39, 0.29) is 25.2 Å². The Morgan fingerprint density at radius 2 is 1.67 bits per heavy atom. The van der Waals surface area contributed by atoms with Crippen molar-refractivity contribution in [2.24, 2.45) is 0 Å². The molecule has 3 rings (SSSR count). The smallest absolute Gasteiger partial charge is 0.248 e. The van der Waals surface area contributed by atoms with Gasteiger partial charge in [0.05, 0.1) is 0 Å². The van der Waals surface area contributed by atoms with Crippen LogP contribution >= 0.6 is 0 Å². The summed E-state index contributed by atoms with van der Waals surface area (Å²) in [5.41, 5.74) is 0. The molecule has 0 aliphatic carbocycles. The summed E-state index contributed by atoms with van der Waals surface area (Å²) in [6.45, 7) is 0.377. The first-order chi connectivity index (χ1) is 9.88. The molecule has 1 N–H and O–H groups in total. The summed E-state index contributed by atoms with van der Waals surface area (Å²) in [6.07, 6.45) is 2.42. The Hall–Kier alpha value is -1.12. The standard InChI is InChI=1S/C13H15F3N2O2S/c14-8-5-11(15)13(12(16)6-8)21(19,20)18-4-3-9-1-2-10(7-18)17-9/h5-6,9-10,17H,1-4,7H2. The van der Waals surface area contributed by atoms with E-state index < -0.39 is 32.4 Å². The fraction of sp³-hybridized carbons (Fsp3) is 0.538. The van der Waals surface area contributed by atoms with Crippen LogP contribution in [0.25, 0.3) is 0 Å². The molecule has 0 radical (unpaired) electrons. The maximum absolute atomic E-state index is 13.7. The van der Waals surface area contributed by atoms with Gasteiger partial charge < -0.3 is 5.32 Å². The van der Waals surface area contributed by atoms with Crippen LogP contribution in [-0.4, -0.2) is 37.9 Å². The predicted molar refractivity (Wildman–Crippen MR) is 69.6 cm³/mol. The van der Waals surface area contributed by atoms with Crippen LogP contribution in [0.4, 0.5) is 13.2 Å². The highest BCUT2D eigenvalue weighted by atomic mass is 32.2. The van der Waals surface area contributed by atoms with Gasteiger partial charge in [0.25, 0.3) is 0 Å². The second-order valence-electron chi connectivity index (χ2n) is 5.49. The van der Waals surface area contributed by atoms with Crippen molar-refractivity contribution < 1.29 is 21.6 Å². The molecule has 2 saturated heterocycles. The third kappa shape index (κ3) is 2.67. The quantitative estimate of drug-likeness (QED) is 0.901. The summed E-state index contributed by atoms with van der Waals surface area (Å²) in [7, 11) is -4.31. The molecule has 0 spiro atoms. The Morgan fingerprint density at radius 3 is 2.33 bits per heavy atom. The normalized spacial score (nSPS) is 26.8. The molecule has 0 aromatic heterocycles. The second kappa shape index (κ2) is 5.26. The monoisotopic (exact) mass is 320 g/mol. The molecule has 2 aliphatic rings. The SMILES string of the molecule is O=S(=O)(c1c(F)cc(F)cc1F)N1CCC2CCC(C1)N2. The topological polar surface area (TPSA) is 49.4 Å². The van der Waals surface area contributed by atoms with Crippen LogP contribution in [0.15, 0.2) is 17.0 Å². The molecule has 1 aromatic carbocycles. The molecule has 2 atom stereocenters. The zero-order valence-electron chi connectivity index (χ0n) is 11.2. The third-order valence-electron chi connectivity index (χ3n) is 4.05. The van der Waals surface area contributed by atoms with Crippen molar-refractivity contribution in [1.29, 1.82) is 0 Å². The molecular weight excluding hydrogens is 305 g/mol. The van der Waals surface area contributed by atoms with E-state index in [0.717, 1.165) is 17.1 Å². The predicted octanol–water partition coefficient (Wildman–Crippen LogP) is 1.62. The summed E-state index contributed by atoms with van der Waals surface area (Å²) < 4.78 is 66.4. The highest BCUT2D eigenvalue weighted by Gasteiger charge is 2.37. The van der Waals surface area contributed by atoms with E-state index in [4.69, 9.17) is 0 Å². The lowest BCUT2D eigenvalue weighted by atomic mass is 10.1. The lowest BCUT2D eigenvalue weighted by Gasteiger charge is -2.24. The minimum absolute atomic E-state index is 0.00107. The van der Waals surface area contributed by atoms with Gasteiger partial charge in [-0.05, 0) is 19.3 Å². The Balaban J connectivity index is 1.97. The van der Waals surface area contributed by atoms with E-state index in [9.17, 15) is 21.6 Å². The fourth-order valence-electron chi connectivity index (χ4n) is 3.03. The van der Waals surface area contributed by atoms with Gasteiger partial charge in [0.15, 0.2) is 4.90 Å². The van der Waals surface area contributed by atoms with Gasteiger partial charge >= 0.3 is 0 Å². The molecule has 116 valence electrons. The van der Waals surface area contributed by atoms with Gasteiger partial charge in [-0.3, -0.25) is 0 Å². The summed E-state index contributed by atoms with van der Waals surface area (Å²) in [6, 6.07) is 1.02. The number of nitrogens with zero attached hydrogens (tertiary/aromatic N) is 1. The maximum Gasteiger partial charge on any atom is 0.248 e. The Bertz CT molecular complexity index is 642. The van der Waals surface area contributed by atoms with Crippen LogP contribution in [0.1, 0.15) is 19.3 Å². The molecule has 0 saturated carbocycles. The van der Waals surface area contributed by atoms with Gasteiger partial charge in [0.1, 0.15) is 17.5 Å². The van der Waals surface area contributed by atoms with Crippen LogP contribution in [0.5, 0.6) is 0 Å². The minimum atomic E-state index is -4.31. The zero-order valence-corrected chi connectivity index (χ0v) is 12.0. The molecular formula is C13H15F3N2O2S. The van der Waals surface area contributed by atoms with E-state index >= 15 is 0 Å². The van der Waals surface area contributed by atoms with E-state index in [1.54, 1.807) is 0 Å². The van der Waals surface area contributed by atoms with Crippen molar-refractivity contribution in [2.75, 3.05) is 13.1 Å². The highest BCUT2D eigenvalue weighted by molar-refractivity contribution is 7.89. The Kier molecular flexibility index (Phi) is 3.71. The summed E-state index contributed by atoms with van der Waals surface area (Å²) in [5.74, 6) is -3.93. The van der Waals surface area contributed by atoms with Crippen LogP contribution in [-0.2, 0) is 10.0 Å². The van der Waals surface area contributed by atoms with E-state index in [1.807, 2.05) is 0 Å². The molecule has 2 fully saturated rings. The molecule has 0 amide bonds. The van der Waals surface area contributed by atoms with Crippen LogP contribution in [0.3, 0.4) is 0 Å². The number of fused-ring (bicyclic) bond motifs is 2. The molecule has 1 aromatic rings. The summed E-state index contributed by atoms with van der Waals surface area (Å²) in [5, 5.41) is 3.29. The molecule has 4 nitrogen and oxygen atoms in total. The van der Waals surface area contributed by atoms with Crippen LogP contribution < -0.4 is 5.32 Å². The first-order valence-electron chi connectivity index (χ1n) is 6.78. The number of rotatable bonds is 2. The van der Waals surface area contributed by atoms with Crippen molar-refractivity contribution in [3.05, 3.63) is 29.6 Å². The van der Waals surface area contributed by atoms with Gasteiger partial charge in [-0.25, -0.2) is 21.6 Å². The maximum atomic E-state index is 13.7. The summed E-state index contributed by atoms with van der Waals surface area (Å²) in [4.78, 5) is -1.07. The number of sulfonamides is 1. The molecule has 2 bridgehead atoms.